The molecule has 0 bridgehead atoms. The van der Waals surface area contributed by atoms with Gasteiger partial charge in [-0.25, -0.2) is 4.79 Å². The second-order valence-electron chi connectivity index (χ2n) is 16.9. The van der Waals surface area contributed by atoms with Crippen molar-refractivity contribution < 1.29 is 38.2 Å². The lowest BCUT2D eigenvalue weighted by Gasteiger charge is -2.41. The van der Waals surface area contributed by atoms with Crippen LogP contribution in [0.5, 0.6) is 0 Å². The zero-order chi connectivity index (χ0) is 41.8. The molecule has 3 N–H and O–H groups in total. The molecular formula is C42H71N5O8. The molecule has 1 aliphatic heterocycles. The van der Waals surface area contributed by atoms with Crippen LogP contribution in [0.3, 0.4) is 0 Å². The van der Waals surface area contributed by atoms with Crippen molar-refractivity contribution in [3.05, 3.63) is 35.9 Å². The van der Waals surface area contributed by atoms with E-state index in [0.29, 0.717) is 13.0 Å². The van der Waals surface area contributed by atoms with Crippen molar-refractivity contribution in [2.24, 2.45) is 17.8 Å². The fourth-order valence-corrected chi connectivity index (χ4v) is 7.19. The van der Waals surface area contributed by atoms with Crippen molar-refractivity contribution in [1.82, 2.24) is 25.8 Å². The molecule has 55 heavy (non-hydrogen) atoms. The van der Waals surface area contributed by atoms with Crippen LogP contribution in [0.2, 0.25) is 0 Å². The molecule has 1 aliphatic rings. The Hall–Kier alpha value is -3.55. The Morgan fingerprint density at radius 1 is 0.945 bits per heavy atom. The van der Waals surface area contributed by atoms with Crippen molar-refractivity contribution in [2.75, 3.05) is 34.9 Å². The minimum atomic E-state index is -0.923. The summed E-state index contributed by atoms with van der Waals surface area (Å²) in [5.41, 5.74) is -0.746. The second-order valence-corrected chi connectivity index (χ2v) is 16.9. The largest absolute Gasteiger partial charge is 0.458 e. The summed E-state index contributed by atoms with van der Waals surface area (Å²) >= 11 is 0. The Labute approximate surface area is 330 Å². The first-order valence-corrected chi connectivity index (χ1v) is 19.8. The molecule has 0 aromatic heterocycles. The van der Waals surface area contributed by atoms with Crippen LogP contribution in [0.4, 0.5) is 0 Å². The van der Waals surface area contributed by atoms with Crippen molar-refractivity contribution in [3.8, 4) is 0 Å². The highest BCUT2D eigenvalue weighted by Crippen LogP contribution is 2.30. The fraction of sp³-hybridized carbons (Fsp3) is 0.738. The number of carbonyl (C=O) groups excluding carboxylic acids is 5. The first-order chi connectivity index (χ1) is 25.6. The smallest absolute Gasteiger partial charge is 0.329 e. The Balaban J connectivity index is 2.31. The fourth-order valence-electron chi connectivity index (χ4n) is 7.19. The van der Waals surface area contributed by atoms with E-state index in [-0.39, 0.29) is 48.3 Å². The van der Waals surface area contributed by atoms with Gasteiger partial charge in [0, 0.05) is 34.2 Å². The van der Waals surface area contributed by atoms with Gasteiger partial charge in [-0.05, 0) is 71.9 Å². The van der Waals surface area contributed by atoms with Crippen LogP contribution >= 0.6 is 0 Å². The molecule has 1 aromatic carbocycles. The summed E-state index contributed by atoms with van der Waals surface area (Å²) in [6, 6.07) is 6.85. The van der Waals surface area contributed by atoms with Gasteiger partial charge < -0.3 is 40.0 Å². The van der Waals surface area contributed by atoms with E-state index >= 15 is 0 Å². The van der Waals surface area contributed by atoms with Crippen LogP contribution in [0, 0.1) is 17.8 Å². The second kappa shape index (κ2) is 21.1. The summed E-state index contributed by atoms with van der Waals surface area (Å²) in [6.07, 6.45) is 1.03. The number of hydrogen-bond donors (Lipinski definition) is 3. The average Bonchev–Trinajstić information content (AvgIpc) is 3.62. The van der Waals surface area contributed by atoms with Gasteiger partial charge in [-0.1, -0.05) is 71.4 Å². The van der Waals surface area contributed by atoms with Gasteiger partial charge in [0.2, 0.25) is 23.6 Å². The molecule has 2 rings (SSSR count). The van der Waals surface area contributed by atoms with E-state index in [1.165, 1.54) is 7.11 Å². The Kier molecular flexibility index (Phi) is 18.3. The number of rotatable bonds is 20. The first-order valence-electron chi connectivity index (χ1n) is 19.8. The molecule has 312 valence electrons. The van der Waals surface area contributed by atoms with Crippen LogP contribution in [0.25, 0.3) is 0 Å². The highest BCUT2D eigenvalue weighted by Gasteiger charge is 2.43. The zero-order valence-corrected chi connectivity index (χ0v) is 36.0. The summed E-state index contributed by atoms with van der Waals surface area (Å²) < 4.78 is 17.6. The third-order valence-electron chi connectivity index (χ3n) is 11.0. The third kappa shape index (κ3) is 13.3. The minimum absolute atomic E-state index is 0.0000772. The first kappa shape index (κ1) is 47.6. The molecule has 0 aliphatic carbocycles. The molecule has 0 radical (unpaired) electrons. The van der Waals surface area contributed by atoms with Gasteiger partial charge in [0.05, 0.1) is 42.2 Å². The molecule has 8 atom stereocenters. The van der Waals surface area contributed by atoms with Gasteiger partial charge in [0.1, 0.15) is 17.7 Å². The zero-order valence-electron chi connectivity index (χ0n) is 36.0. The maximum absolute atomic E-state index is 14.2. The quantitative estimate of drug-likeness (QED) is 0.166. The maximum atomic E-state index is 14.2. The third-order valence-corrected chi connectivity index (χ3v) is 11.0. The molecule has 1 saturated heterocycles. The Bertz CT molecular complexity index is 1410. The van der Waals surface area contributed by atoms with Crippen molar-refractivity contribution in [1.29, 1.82) is 0 Å². The van der Waals surface area contributed by atoms with Crippen LogP contribution in [0.1, 0.15) is 100 Å². The number of esters is 1. The molecule has 0 saturated carbocycles. The number of nitrogens with zero attached hydrogens (tertiary/aromatic N) is 2. The lowest BCUT2D eigenvalue weighted by atomic mass is 9.89. The van der Waals surface area contributed by atoms with Crippen molar-refractivity contribution >= 4 is 29.6 Å². The number of ether oxygens (including phenoxy) is 3. The van der Waals surface area contributed by atoms with Crippen molar-refractivity contribution in [2.45, 2.75) is 149 Å². The molecule has 13 nitrogen and oxygen atoms in total. The predicted molar refractivity (Wildman–Crippen MR) is 214 cm³/mol. The van der Waals surface area contributed by atoms with E-state index in [4.69, 9.17) is 14.2 Å². The van der Waals surface area contributed by atoms with Gasteiger partial charge in [-0.15, -0.1) is 0 Å². The summed E-state index contributed by atoms with van der Waals surface area (Å²) in [7, 11) is 6.49. The van der Waals surface area contributed by atoms with E-state index < -0.39 is 59.4 Å². The maximum Gasteiger partial charge on any atom is 0.329 e. The SMILES string of the molecule is CC[C@H](C)[C@@H]([C@@H](CC(=O)N1CCC[C@H]1[C@H](OC)[C@@H](C)C(=O)NC(Cc1ccccc1)C(=O)OC(C)(C)C)OC)N(C)C(=O)[C@@H](NC(=O)C(C)(C)NC)C(C)C. The van der Waals surface area contributed by atoms with Gasteiger partial charge in [-0.2, -0.15) is 0 Å². The molecule has 1 aromatic rings. The lowest BCUT2D eigenvalue weighted by Crippen LogP contribution is -2.61. The number of amides is 4. The number of likely N-dealkylation sites (tertiary alicyclic amines) is 1. The van der Waals surface area contributed by atoms with Gasteiger partial charge >= 0.3 is 5.97 Å². The number of methoxy groups -OCH3 is 2. The standard InChI is InChI=1S/C42H71N5O8/c1-15-27(4)35(46(12)38(50)34(26(2)3)45-40(52)42(9,10)43-11)32(53-13)25-33(48)47-23-19-22-31(47)36(54-14)28(5)37(49)44-30(39(51)55-41(6,7)8)24-29-20-17-16-18-21-29/h16-18,20-21,26-28,30-32,34-36,43H,15,19,22-25H2,1-14H3,(H,44,49)(H,45,52)/t27-,28+,30?,31-,32+,34-,35-,36+/m0/s1. The molecule has 1 fully saturated rings. The van der Waals surface area contributed by atoms with E-state index in [1.807, 2.05) is 58.0 Å². The number of nitrogens with one attached hydrogen (secondary N) is 3. The van der Waals surface area contributed by atoms with Crippen molar-refractivity contribution in [3.63, 3.8) is 0 Å². The van der Waals surface area contributed by atoms with Gasteiger partial charge in [0.15, 0.2) is 0 Å². The normalized spacial score (nSPS) is 18.7. The molecule has 13 heteroatoms. The van der Waals surface area contributed by atoms with Gasteiger partial charge in [0.25, 0.3) is 0 Å². The number of hydrogen-bond acceptors (Lipinski definition) is 9. The Morgan fingerprint density at radius 2 is 1.56 bits per heavy atom. The number of carbonyl (C=O) groups is 5. The van der Waals surface area contributed by atoms with E-state index in [9.17, 15) is 24.0 Å². The van der Waals surface area contributed by atoms with E-state index in [2.05, 4.69) is 16.0 Å². The Morgan fingerprint density at radius 3 is 2.07 bits per heavy atom. The molecular weight excluding hydrogens is 702 g/mol. The monoisotopic (exact) mass is 774 g/mol. The number of benzene rings is 1. The summed E-state index contributed by atoms with van der Waals surface area (Å²) in [5, 5.41) is 8.86. The van der Waals surface area contributed by atoms with E-state index in [1.54, 1.807) is 72.5 Å². The summed E-state index contributed by atoms with van der Waals surface area (Å²) in [6.45, 7) is 18.9. The lowest BCUT2D eigenvalue weighted by molar-refractivity contribution is -0.159. The predicted octanol–water partition coefficient (Wildman–Crippen LogP) is 4.11. The van der Waals surface area contributed by atoms with Crippen LogP contribution in [-0.4, -0.2) is 122 Å². The minimum Gasteiger partial charge on any atom is -0.458 e. The van der Waals surface area contributed by atoms with Crippen LogP contribution in [-0.2, 0) is 44.6 Å². The van der Waals surface area contributed by atoms with E-state index in [0.717, 1.165) is 18.4 Å². The molecule has 0 spiro atoms. The van der Waals surface area contributed by atoms with Gasteiger partial charge in [-0.3, -0.25) is 19.2 Å². The molecule has 1 unspecified atom stereocenters. The highest BCUT2D eigenvalue weighted by atomic mass is 16.6. The average molecular weight is 774 g/mol. The highest BCUT2D eigenvalue weighted by molar-refractivity contribution is 5.92. The summed E-state index contributed by atoms with van der Waals surface area (Å²) in [4.78, 5) is 72.0. The molecule has 4 amide bonds. The topological polar surface area (TPSA) is 156 Å². The number of likely N-dealkylation sites (N-methyl/N-ethyl adjacent to an activating group) is 2. The van der Waals surface area contributed by atoms with Crippen LogP contribution < -0.4 is 16.0 Å². The van der Waals surface area contributed by atoms with Crippen LogP contribution in [0.15, 0.2) is 30.3 Å². The summed E-state index contributed by atoms with van der Waals surface area (Å²) in [5.74, 6) is -2.57. The molecule has 1 heterocycles.